The summed E-state index contributed by atoms with van der Waals surface area (Å²) in [7, 11) is 0. The van der Waals surface area contributed by atoms with Crippen molar-refractivity contribution in [1.82, 2.24) is 9.97 Å². The van der Waals surface area contributed by atoms with Crippen LogP contribution in [0.3, 0.4) is 0 Å². The van der Waals surface area contributed by atoms with Crippen LogP contribution in [0.5, 0.6) is 0 Å². The number of rotatable bonds is 4. The highest BCUT2D eigenvalue weighted by Gasteiger charge is 2.34. The van der Waals surface area contributed by atoms with Crippen LogP contribution in [0.15, 0.2) is 18.2 Å². The molecule has 3 rings (SSSR count). The smallest absolute Gasteiger partial charge is 0.376 e. The van der Waals surface area contributed by atoms with E-state index >= 15 is 0 Å². The van der Waals surface area contributed by atoms with Crippen molar-refractivity contribution in [2.75, 3.05) is 18.5 Å². The predicted molar refractivity (Wildman–Crippen MR) is 82.5 cm³/mol. The van der Waals surface area contributed by atoms with Crippen LogP contribution in [0.2, 0.25) is 0 Å². The number of alkyl halides is 3. The molecule has 4 nitrogen and oxygen atoms in total. The molecule has 1 aliphatic rings. The largest absolute Gasteiger partial charge is 0.433 e. The molecule has 0 unspecified atom stereocenters. The van der Waals surface area contributed by atoms with E-state index in [0.717, 1.165) is 23.8 Å². The molecule has 0 spiro atoms. The zero-order valence-corrected chi connectivity index (χ0v) is 13.3. The van der Waals surface area contributed by atoms with Crippen molar-refractivity contribution in [1.29, 1.82) is 0 Å². The van der Waals surface area contributed by atoms with Gasteiger partial charge in [-0.05, 0) is 38.0 Å². The number of anilines is 1. The predicted octanol–water partition coefficient (Wildman–Crippen LogP) is 4.12. The summed E-state index contributed by atoms with van der Waals surface area (Å²) < 4.78 is 44.7. The van der Waals surface area contributed by atoms with Gasteiger partial charge in [0.15, 0.2) is 5.69 Å². The number of halogens is 3. The maximum Gasteiger partial charge on any atom is 0.433 e. The van der Waals surface area contributed by atoms with Gasteiger partial charge in [0.2, 0.25) is 5.95 Å². The fourth-order valence-corrected chi connectivity index (χ4v) is 3.21. The first-order valence-electron chi connectivity index (χ1n) is 7.30. The Morgan fingerprint density at radius 3 is 2.78 bits per heavy atom. The summed E-state index contributed by atoms with van der Waals surface area (Å²) in [6, 6.07) is 4.61. The van der Waals surface area contributed by atoms with E-state index in [-0.39, 0.29) is 17.7 Å². The number of aromatic nitrogens is 2. The van der Waals surface area contributed by atoms with Gasteiger partial charge in [0, 0.05) is 18.0 Å². The van der Waals surface area contributed by atoms with Crippen molar-refractivity contribution >= 4 is 17.3 Å². The molecular weight excluding hydrogens is 327 g/mol. The highest BCUT2D eigenvalue weighted by molar-refractivity contribution is 7.15. The number of nitrogens with one attached hydrogen (secondary N) is 1. The fraction of sp³-hybridized carbons (Fsp3) is 0.467. The highest BCUT2D eigenvalue weighted by Crippen LogP contribution is 2.33. The van der Waals surface area contributed by atoms with Crippen LogP contribution in [0, 0.1) is 6.92 Å². The SMILES string of the molecule is Cc1ccc(-c2cc(C(F)(F)F)nc(NC[C@H]3CCCO3)n2)s1. The summed E-state index contributed by atoms with van der Waals surface area (Å²) in [4.78, 5) is 9.53. The van der Waals surface area contributed by atoms with Crippen LogP contribution in [-0.2, 0) is 10.9 Å². The first kappa shape index (κ1) is 16.2. The van der Waals surface area contributed by atoms with E-state index in [4.69, 9.17) is 4.74 Å². The van der Waals surface area contributed by atoms with E-state index in [2.05, 4.69) is 15.3 Å². The molecule has 1 saturated heterocycles. The lowest BCUT2D eigenvalue weighted by molar-refractivity contribution is -0.141. The second-order valence-electron chi connectivity index (χ2n) is 5.39. The van der Waals surface area contributed by atoms with Gasteiger partial charge in [-0.1, -0.05) is 0 Å². The fourth-order valence-electron chi connectivity index (χ4n) is 2.38. The van der Waals surface area contributed by atoms with Crippen molar-refractivity contribution in [3.63, 3.8) is 0 Å². The maximum absolute atomic E-state index is 13.1. The number of nitrogens with zero attached hydrogens (tertiary/aromatic N) is 2. The van der Waals surface area contributed by atoms with Gasteiger partial charge in [-0.15, -0.1) is 11.3 Å². The maximum atomic E-state index is 13.1. The normalized spacial score (nSPS) is 18.3. The second-order valence-corrected chi connectivity index (χ2v) is 6.67. The average molecular weight is 343 g/mol. The molecule has 124 valence electrons. The van der Waals surface area contributed by atoms with Crippen LogP contribution >= 0.6 is 11.3 Å². The molecular formula is C15H16F3N3OS. The van der Waals surface area contributed by atoms with Crippen LogP contribution < -0.4 is 5.32 Å². The van der Waals surface area contributed by atoms with Gasteiger partial charge in [0.1, 0.15) is 0 Å². The Balaban J connectivity index is 1.88. The Morgan fingerprint density at radius 2 is 2.17 bits per heavy atom. The third-order valence-corrected chi connectivity index (χ3v) is 4.54. The minimum absolute atomic E-state index is 0.000532. The van der Waals surface area contributed by atoms with Gasteiger partial charge in [-0.25, -0.2) is 9.97 Å². The third kappa shape index (κ3) is 4.00. The van der Waals surface area contributed by atoms with Crippen LogP contribution in [0.1, 0.15) is 23.4 Å². The Bertz CT molecular complexity index is 681. The average Bonchev–Trinajstić information content (AvgIpc) is 3.15. The van der Waals surface area contributed by atoms with Gasteiger partial charge in [-0.2, -0.15) is 13.2 Å². The monoisotopic (exact) mass is 343 g/mol. The summed E-state index contributed by atoms with van der Waals surface area (Å²) in [6.07, 6.45) is -2.65. The lowest BCUT2D eigenvalue weighted by atomic mass is 10.2. The zero-order valence-electron chi connectivity index (χ0n) is 12.5. The summed E-state index contributed by atoms with van der Waals surface area (Å²) >= 11 is 1.40. The Kier molecular flexibility index (Phi) is 4.54. The molecule has 0 saturated carbocycles. The number of hydrogen-bond acceptors (Lipinski definition) is 5. The van der Waals surface area contributed by atoms with Crippen molar-refractivity contribution in [3.8, 4) is 10.6 Å². The van der Waals surface area contributed by atoms with Gasteiger partial charge in [-0.3, -0.25) is 0 Å². The Hall–Kier alpha value is -1.67. The zero-order chi connectivity index (χ0) is 16.4. The molecule has 0 radical (unpaired) electrons. The van der Waals surface area contributed by atoms with E-state index in [1.54, 1.807) is 6.07 Å². The number of aryl methyl sites for hydroxylation is 1. The van der Waals surface area contributed by atoms with Crippen molar-refractivity contribution < 1.29 is 17.9 Å². The molecule has 0 aromatic carbocycles. The highest BCUT2D eigenvalue weighted by atomic mass is 32.1. The van der Waals surface area contributed by atoms with Crippen molar-refractivity contribution in [2.24, 2.45) is 0 Å². The summed E-state index contributed by atoms with van der Waals surface area (Å²) in [5, 5.41) is 2.87. The van der Waals surface area contributed by atoms with E-state index < -0.39 is 11.9 Å². The standard InChI is InChI=1S/C15H16F3N3OS/c1-9-4-5-12(23-9)11-7-13(15(16,17)18)21-14(20-11)19-8-10-3-2-6-22-10/h4-5,7,10H,2-3,6,8H2,1H3,(H,19,20,21)/t10-/m1/s1. The summed E-state index contributed by atoms with van der Waals surface area (Å²) in [6.45, 7) is 3.00. The molecule has 1 N–H and O–H groups in total. The van der Waals surface area contributed by atoms with Crippen LogP contribution in [-0.4, -0.2) is 29.2 Å². The molecule has 3 heterocycles. The summed E-state index contributed by atoms with van der Waals surface area (Å²) in [5.41, 5.74) is -0.663. The molecule has 0 aliphatic carbocycles. The molecule has 1 fully saturated rings. The topological polar surface area (TPSA) is 47.0 Å². The van der Waals surface area contributed by atoms with Crippen molar-refractivity contribution in [2.45, 2.75) is 32.0 Å². The van der Waals surface area contributed by atoms with E-state index in [1.165, 1.54) is 11.3 Å². The van der Waals surface area contributed by atoms with Crippen molar-refractivity contribution in [3.05, 3.63) is 28.8 Å². The molecule has 0 amide bonds. The number of ether oxygens (including phenoxy) is 1. The lowest BCUT2D eigenvalue weighted by Crippen LogP contribution is -2.21. The Morgan fingerprint density at radius 1 is 1.35 bits per heavy atom. The first-order chi connectivity index (χ1) is 10.9. The van der Waals surface area contributed by atoms with Gasteiger partial charge >= 0.3 is 6.18 Å². The Labute approximate surface area is 135 Å². The van der Waals surface area contributed by atoms with E-state index in [9.17, 15) is 13.2 Å². The third-order valence-electron chi connectivity index (χ3n) is 3.52. The van der Waals surface area contributed by atoms with Crippen LogP contribution in [0.4, 0.5) is 19.1 Å². The molecule has 8 heteroatoms. The molecule has 1 atom stereocenters. The van der Waals surface area contributed by atoms with Gasteiger partial charge in [0.25, 0.3) is 0 Å². The van der Waals surface area contributed by atoms with Gasteiger partial charge in [0.05, 0.1) is 16.7 Å². The van der Waals surface area contributed by atoms with E-state index in [0.29, 0.717) is 18.0 Å². The molecule has 2 aromatic heterocycles. The quantitative estimate of drug-likeness (QED) is 0.907. The molecule has 0 bridgehead atoms. The first-order valence-corrected chi connectivity index (χ1v) is 8.12. The van der Waals surface area contributed by atoms with E-state index in [1.807, 2.05) is 13.0 Å². The minimum Gasteiger partial charge on any atom is -0.376 e. The summed E-state index contributed by atoms with van der Waals surface area (Å²) in [5.74, 6) is -0.0172. The minimum atomic E-state index is -4.51. The molecule has 1 aliphatic heterocycles. The number of thiophene rings is 1. The molecule has 2 aromatic rings. The van der Waals surface area contributed by atoms with Gasteiger partial charge < -0.3 is 10.1 Å². The van der Waals surface area contributed by atoms with Crippen LogP contribution in [0.25, 0.3) is 10.6 Å². The molecule has 23 heavy (non-hydrogen) atoms. The lowest BCUT2D eigenvalue weighted by Gasteiger charge is -2.13. The second kappa shape index (κ2) is 6.45. The number of hydrogen-bond donors (Lipinski definition) is 1.